The van der Waals surface area contributed by atoms with Crippen LogP contribution in [0.3, 0.4) is 0 Å². The van der Waals surface area contributed by atoms with Gasteiger partial charge in [0.2, 0.25) is 10.0 Å². The molecule has 140 valence electrons. The van der Waals surface area contributed by atoms with Gasteiger partial charge in [0.25, 0.3) is 0 Å². The quantitative estimate of drug-likeness (QED) is 0.608. The maximum absolute atomic E-state index is 13.1. The Balaban J connectivity index is 2.07. The van der Waals surface area contributed by atoms with Crippen LogP contribution in [-0.2, 0) is 21.4 Å². The van der Waals surface area contributed by atoms with Crippen molar-refractivity contribution >= 4 is 50.0 Å². The van der Waals surface area contributed by atoms with Crippen LogP contribution in [0.5, 0.6) is 0 Å². The first-order chi connectivity index (χ1) is 12.8. The Morgan fingerprint density at radius 1 is 1.11 bits per heavy atom. The van der Waals surface area contributed by atoms with E-state index in [2.05, 4.69) is 9.97 Å². The lowest BCUT2D eigenvalue weighted by Crippen LogP contribution is -2.35. The predicted octanol–water partition coefficient (Wildman–Crippen LogP) is 3.21. The minimum Gasteiger partial charge on any atom is -0.480 e. The van der Waals surface area contributed by atoms with Crippen LogP contribution in [0.2, 0.25) is 10.2 Å². The van der Waals surface area contributed by atoms with Gasteiger partial charge in [-0.1, -0.05) is 29.3 Å². The van der Waals surface area contributed by atoms with Gasteiger partial charge in [0.1, 0.15) is 11.7 Å². The SMILES string of the molecule is O=C(O)CN(Cc1ccncc1)S(=O)(=O)c1ccc2c(Cl)cnc(Cl)c2c1. The Hall–Kier alpha value is -2.26. The molecule has 2 aromatic heterocycles. The zero-order chi connectivity index (χ0) is 19.6. The van der Waals surface area contributed by atoms with Crippen LogP contribution in [0.1, 0.15) is 5.56 Å². The predicted molar refractivity (Wildman–Crippen MR) is 101 cm³/mol. The van der Waals surface area contributed by atoms with Gasteiger partial charge in [-0.25, -0.2) is 13.4 Å². The van der Waals surface area contributed by atoms with Crippen molar-refractivity contribution in [3.8, 4) is 0 Å². The van der Waals surface area contributed by atoms with Crippen molar-refractivity contribution in [2.45, 2.75) is 11.4 Å². The van der Waals surface area contributed by atoms with E-state index in [1.54, 1.807) is 12.1 Å². The molecule has 3 aromatic rings. The second-order valence-electron chi connectivity index (χ2n) is 5.63. The molecule has 0 spiro atoms. The summed E-state index contributed by atoms with van der Waals surface area (Å²) in [6, 6.07) is 7.45. The van der Waals surface area contributed by atoms with Gasteiger partial charge in [0, 0.05) is 35.9 Å². The highest BCUT2D eigenvalue weighted by molar-refractivity contribution is 7.89. The largest absolute Gasteiger partial charge is 0.480 e. The van der Waals surface area contributed by atoms with Crippen LogP contribution in [0.25, 0.3) is 10.8 Å². The van der Waals surface area contributed by atoms with E-state index in [0.717, 1.165) is 4.31 Å². The molecule has 1 aromatic carbocycles. The Morgan fingerprint density at radius 3 is 2.48 bits per heavy atom. The summed E-state index contributed by atoms with van der Waals surface area (Å²) in [7, 11) is -4.11. The highest BCUT2D eigenvalue weighted by atomic mass is 35.5. The third kappa shape index (κ3) is 4.19. The highest BCUT2D eigenvalue weighted by Gasteiger charge is 2.27. The lowest BCUT2D eigenvalue weighted by Gasteiger charge is -2.21. The number of nitrogens with zero attached hydrogens (tertiary/aromatic N) is 3. The summed E-state index contributed by atoms with van der Waals surface area (Å²) in [5, 5.41) is 10.5. The van der Waals surface area contributed by atoms with Crippen LogP contribution in [-0.4, -0.2) is 40.3 Å². The Morgan fingerprint density at radius 2 is 1.81 bits per heavy atom. The number of hydrogen-bond acceptors (Lipinski definition) is 5. The van der Waals surface area contributed by atoms with Crippen molar-refractivity contribution in [1.29, 1.82) is 0 Å². The molecular formula is C17H13Cl2N3O4S. The number of carboxylic acids is 1. The molecule has 7 nitrogen and oxygen atoms in total. The maximum Gasteiger partial charge on any atom is 0.318 e. The van der Waals surface area contributed by atoms with Gasteiger partial charge in [0.05, 0.1) is 9.92 Å². The van der Waals surface area contributed by atoms with Crippen LogP contribution in [0, 0.1) is 0 Å². The molecule has 1 N–H and O–H groups in total. The molecule has 0 aliphatic carbocycles. The molecule has 0 atom stereocenters. The molecule has 0 fully saturated rings. The second kappa shape index (κ2) is 7.77. The van der Waals surface area contributed by atoms with Crippen molar-refractivity contribution in [1.82, 2.24) is 14.3 Å². The minimum absolute atomic E-state index is 0.101. The molecule has 2 heterocycles. The van der Waals surface area contributed by atoms with E-state index >= 15 is 0 Å². The van der Waals surface area contributed by atoms with E-state index in [9.17, 15) is 13.2 Å². The summed E-state index contributed by atoms with van der Waals surface area (Å²) >= 11 is 12.1. The molecule has 0 saturated carbocycles. The molecule has 0 aliphatic rings. The number of fused-ring (bicyclic) bond motifs is 1. The third-order valence-corrected chi connectivity index (χ3v) is 6.21. The van der Waals surface area contributed by atoms with E-state index in [1.807, 2.05) is 0 Å². The molecule has 0 radical (unpaired) electrons. The molecular weight excluding hydrogens is 413 g/mol. The van der Waals surface area contributed by atoms with Crippen molar-refractivity contribution in [2.75, 3.05) is 6.54 Å². The number of halogens is 2. The zero-order valence-electron chi connectivity index (χ0n) is 13.7. The van der Waals surface area contributed by atoms with E-state index in [0.29, 0.717) is 21.4 Å². The number of benzene rings is 1. The van der Waals surface area contributed by atoms with Gasteiger partial charge in [-0.15, -0.1) is 0 Å². The van der Waals surface area contributed by atoms with Crippen molar-refractivity contribution in [2.24, 2.45) is 0 Å². The van der Waals surface area contributed by atoms with E-state index in [4.69, 9.17) is 28.3 Å². The Labute approximate surface area is 165 Å². The molecule has 10 heteroatoms. The number of pyridine rings is 2. The smallest absolute Gasteiger partial charge is 0.318 e. The van der Waals surface area contributed by atoms with Crippen LogP contribution < -0.4 is 0 Å². The number of hydrogen-bond donors (Lipinski definition) is 1. The lowest BCUT2D eigenvalue weighted by atomic mass is 10.2. The van der Waals surface area contributed by atoms with Gasteiger partial charge >= 0.3 is 5.97 Å². The van der Waals surface area contributed by atoms with Gasteiger partial charge < -0.3 is 5.11 Å². The number of rotatable bonds is 6. The normalized spacial score (nSPS) is 11.8. The van der Waals surface area contributed by atoms with Crippen LogP contribution >= 0.6 is 23.2 Å². The van der Waals surface area contributed by atoms with Gasteiger partial charge in [-0.2, -0.15) is 4.31 Å². The monoisotopic (exact) mass is 425 g/mol. The van der Waals surface area contributed by atoms with E-state index in [-0.39, 0.29) is 16.6 Å². The third-order valence-electron chi connectivity index (χ3n) is 3.82. The van der Waals surface area contributed by atoms with Gasteiger partial charge in [-0.05, 0) is 29.8 Å². The highest BCUT2D eigenvalue weighted by Crippen LogP contribution is 2.31. The van der Waals surface area contributed by atoms with Crippen molar-refractivity contribution in [3.63, 3.8) is 0 Å². The number of carbonyl (C=O) groups is 1. The van der Waals surface area contributed by atoms with E-state index < -0.39 is 22.5 Å². The molecule has 0 saturated heterocycles. The van der Waals surface area contributed by atoms with Crippen molar-refractivity contribution in [3.05, 3.63) is 64.7 Å². The average molecular weight is 426 g/mol. The summed E-state index contributed by atoms with van der Waals surface area (Å²) in [4.78, 5) is 18.9. The zero-order valence-corrected chi connectivity index (χ0v) is 16.0. The molecule has 27 heavy (non-hydrogen) atoms. The number of sulfonamides is 1. The first kappa shape index (κ1) is 19.5. The Bertz CT molecular complexity index is 1110. The number of carboxylic acid groups (broad SMARTS) is 1. The van der Waals surface area contributed by atoms with Crippen LogP contribution in [0.15, 0.2) is 53.8 Å². The number of aromatic nitrogens is 2. The summed E-state index contributed by atoms with van der Waals surface area (Å²) in [5.41, 5.74) is 0.610. The van der Waals surface area contributed by atoms with Gasteiger partial charge in [0.15, 0.2) is 0 Å². The van der Waals surface area contributed by atoms with Gasteiger partial charge in [-0.3, -0.25) is 9.78 Å². The first-order valence-electron chi connectivity index (χ1n) is 7.63. The molecule has 3 rings (SSSR count). The maximum atomic E-state index is 13.1. The first-order valence-corrected chi connectivity index (χ1v) is 9.83. The fourth-order valence-corrected chi connectivity index (χ4v) is 4.36. The fraction of sp³-hybridized carbons (Fsp3) is 0.118. The fourth-order valence-electron chi connectivity index (χ4n) is 2.53. The molecule has 0 amide bonds. The number of aliphatic carboxylic acids is 1. The average Bonchev–Trinajstić information content (AvgIpc) is 2.64. The van der Waals surface area contributed by atoms with Crippen LogP contribution in [0.4, 0.5) is 0 Å². The molecule has 0 bridgehead atoms. The standard InChI is InChI=1S/C17H13Cl2N3O4S/c18-15-8-21-17(19)14-7-12(1-2-13(14)15)27(25,26)22(10-16(23)24)9-11-3-5-20-6-4-11/h1-8H,9-10H2,(H,23,24). The summed E-state index contributed by atoms with van der Waals surface area (Å²) in [6.07, 6.45) is 4.38. The van der Waals surface area contributed by atoms with E-state index in [1.165, 1.54) is 36.8 Å². The lowest BCUT2D eigenvalue weighted by molar-refractivity contribution is -0.137. The topological polar surface area (TPSA) is 100 Å². The molecule has 0 aliphatic heterocycles. The summed E-state index contributed by atoms with van der Waals surface area (Å²) in [5.74, 6) is -1.27. The minimum atomic E-state index is -4.11. The van der Waals surface area contributed by atoms with Crippen molar-refractivity contribution < 1.29 is 18.3 Å². The summed E-state index contributed by atoms with van der Waals surface area (Å²) < 4.78 is 27.0. The summed E-state index contributed by atoms with van der Waals surface area (Å²) in [6.45, 7) is -0.805. The Kier molecular flexibility index (Phi) is 5.61. The second-order valence-corrected chi connectivity index (χ2v) is 8.33. The molecule has 0 unspecified atom stereocenters.